The fourth-order valence-corrected chi connectivity index (χ4v) is 2.86. The van der Waals surface area contributed by atoms with Crippen LogP contribution in [0.15, 0.2) is 0 Å². The standard InChI is InChI=1S/C27H54O15/c28-3-4-32-5-6-33-7-8-34-9-10-35-11-12-36-13-14-37-15-16-38-17-18-39-19-20-40-21-22-41-23-24-42-25-26(29)1-2-27(30)31/h26,28-29H,1-25H2,(H,30,31). The number of ether oxygens (including phenoxy) is 11. The number of carboxylic acid groups (broad SMARTS) is 1. The van der Waals surface area contributed by atoms with Crippen LogP contribution in [-0.4, -0.2) is 179 Å². The largest absolute Gasteiger partial charge is 0.481 e. The summed E-state index contributed by atoms with van der Waals surface area (Å²) < 4.78 is 58.9. The van der Waals surface area contributed by atoms with Gasteiger partial charge in [0.2, 0.25) is 0 Å². The summed E-state index contributed by atoms with van der Waals surface area (Å²) in [5.74, 6) is -0.938. The van der Waals surface area contributed by atoms with Crippen molar-refractivity contribution in [1.82, 2.24) is 0 Å². The van der Waals surface area contributed by atoms with E-state index in [0.29, 0.717) is 139 Å². The van der Waals surface area contributed by atoms with Gasteiger partial charge in [-0.1, -0.05) is 0 Å². The molecule has 1 atom stereocenters. The number of aliphatic hydroxyl groups is 2. The van der Waals surface area contributed by atoms with Crippen LogP contribution in [0.1, 0.15) is 12.8 Å². The Bertz CT molecular complexity index is 530. The maximum atomic E-state index is 10.4. The van der Waals surface area contributed by atoms with E-state index >= 15 is 0 Å². The molecule has 0 rings (SSSR count). The Kier molecular flexibility index (Phi) is 35.2. The van der Waals surface area contributed by atoms with E-state index in [2.05, 4.69) is 0 Å². The van der Waals surface area contributed by atoms with Crippen molar-refractivity contribution >= 4 is 5.97 Å². The third-order valence-electron chi connectivity index (χ3n) is 4.96. The zero-order valence-electron chi connectivity index (χ0n) is 25.0. The molecule has 0 amide bonds. The molecule has 1 unspecified atom stereocenters. The molecule has 0 aliphatic carbocycles. The first-order valence-corrected chi connectivity index (χ1v) is 14.5. The van der Waals surface area contributed by atoms with Crippen LogP contribution < -0.4 is 0 Å². The fraction of sp³-hybridized carbons (Fsp3) is 0.963. The maximum Gasteiger partial charge on any atom is 0.303 e. The molecule has 0 aliphatic heterocycles. The molecule has 0 spiro atoms. The first kappa shape index (κ1) is 41.0. The molecule has 0 fully saturated rings. The average molecular weight is 619 g/mol. The number of hydrogen-bond acceptors (Lipinski definition) is 14. The van der Waals surface area contributed by atoms with E-state index in [4.69, 9.17) is 62.3 Å². The number of aliphatic carboxylic acids is 1. The third-order valence-corrected chi connectivity index (χ3v) is 4.96. The summed E-state index contributed by atoms with van der Waals surface area (Å²) in [7, 11) is 0. The Balaban J connectivity index is 3.07. The molecular weight excluding hydrogens is 564 g/mol. The Labute approximate surface area is 249 Å². The summed E-state index contributed by atoms with van der Waals surface area (Å²) >= 11 is 0. The zero-order chi connectivity index (χ0) is 30.6. The van der Waals surface area contributed by atoms with Crippen molar-refractivity contribution in [3.63, 3.8) is 0 Å². The highest BCUT2D eigenvalue weighted by molar-refractivity contribution is 5.66. The second-order valence-electron chi connectivity index (χ2n) is 8.51. The molecule has 0 bridgehead atoms. The smallest absolute Gasteiger partial charge is 0.303 e. The van der Waals surface area contributed by atoms with Crippen LogP contribution >= 0.6 is 0 Å². The minimum absolute atomic E-state index is 0.0187. The summed E-state index contributed by atoms with van der Waals surface area (Å²) in [6.07, 6.45) is -0.691. The molecule has 0 aromatic rings. The van der Waals surface area contributed by atoms with Gasteiger partial charge in [-0.3, -0.25) is 4.79 Å². The molecule has 0 aromatic heterocycles. The van der Waals surface area contributed by atoms with Gasteiger partial charge in [-0.05, 0) is 6.42 Å². The topological polar surface area (TPSA) is 179 Å². The third kappa shape index (κ3) is 37.0. The predicted molar refractivity (Wildman–Crippen MR) is 149 cm³/mol. The van der Waals surface area contributed by atoms with Crippen LogP contribution in [-0.2, 0) is 56.9 Å². The fourth-order valence-electron chi connectivity index (χ4n) is 2.86. The van der Waals surface area contributed by atoms with E-state index < -0.39 is 12.1 Å². The minimum atomic E-state index is -0.938. The molecular formula is C27H54O15. The van der Waals surface area contributed by atoms with E-state index in [1.807, 2.05) is 0 Å². The van der Waals surface area contributed by atoms with Crippen molar-refractivity contribution < 1.29 is 72.2 Å². The highest BCUT2D eigenvalue weighted by Crippen LogP contribution is 1.97. The van der Waals surface area contributed by atoms with Crippen molar-refractivity contribution in [2.45, 2.75) is 18.9 Å². The van der Waals surface area contributed by atoms with Crippen LogP contribution in [0.3, 0.4) is 0 Å². The summed E-state index contributed by atoms with van der Waals surface area (Å²) in [5, 5.41) is 26.6. The summed E-state index contributed by atoms with van der Waals surface area (Å²) in [6, 6.07) is 0. The van der Waals surface area contributed by atoms with Gasteiger partial charge in [0.1, 0.15) is 0 Å². The van der Waals surface area contributed by atoms with Crippen LogP contribution in [0.2, 0.25) is 0 Å². The molecule has 0 saturated heterocycles. The van der Waals surface area contributed by atoms with E-state index in [0.717, 1.165) is 0 Å². The zero-order valence-corrected chi connectivity index (χ0v) is 25.0. The molecule has 0 heterocycles. The lowest BCUT2D eigenvalue weighted by Gasteiger charge is -2.10. The van der Waals surface area contributed by atoms with Crippen LogP contribution in [0.25, 0.3) is 0 Å². The number of aliphatic hydroxyl groups excluding tert-OH is 2. The molecule has 42 heavy (non-hydrogen) atoms. The van der Waals surface area contributed by atoms with Crippen molar-refractivity contribution in [3.05, 3.63) is 0 Å². The highest BCUT2D eigenvalue weighted by Gasteiger charge is 2.07. The predicted octanol–water partition coefficient (Wildman–Crippen LogP) is -0.613. The van der Waals surface area contributed by atoms with Gasteiger partial charge < -0.3 is 67.4 Å². The van der Waals surface area contributed by atoms with Gasteiger partial charge in [0.25, 0.3) is 0 Å². The van der Waals surface area contributed by atoms with Gasteiger partial charge in [-0.2, -0.15) is 0 Å². The van der Waals surface area contributed by atoms with E-state index in [1.54, 1.807) is 0 Å². The van der Waals surface area contributed by atoms with Gasteiger partial charge in [0.05, 0.1) is 158 Å². The molecule has 15 heteroatoms. The molecule has 0 aliphatic rings. The van der Waals surface area contributed by atoms with Crippen molar-refractivity contribution in [2.24, 2.45) is 0 Å². The Morgan fingerprint density at radius 2 is 0.667 bits per heavy atom. The number of rotatable bonds is 37. The molecule has 0 aromatic carbocycles. The van der Waals surface area contributed by atoms with Crippen LogP contribution in [0.5, 0.6) is 0 Å². The van der Waals surface area contributed by atoms with Gasteiger partial charge in [-0.15, -0.1) is 0 Å². The number of carboxylic acids is 1. The van der Waals surface area contributed by atoms with E-state index in [-0.39, 0.29) is 26.1 Å². The Morgan fingerprint density at radius 3 is 0.905 bits per heavy atom. The van der Waals surface area contributed by atoms with E-state index in [1.165, 1.54) is 0 Å². The molecule has 15 nitrogen and oxygen atoms in total. The first-order valence-electron chi connectivity index (χ1n) is 14.5. The summed E-state index contributed by atoms with van der Waals surface area (Å²) in [6.45, 7) is 9.69. The van der Waals surface area contributed by atoms with Gasteiger partial charge in [0.15, 0.2) is 0 Å². The van der Waals surface area contributed by atoms with Gasteiger partial charge in [0, 0.05) is 6.42 Å². The SMILES string of the molecule is O=C(O)CCC(O)COCCOCCOCCOCCOCCOCCOCCOCCOCCOCCOCCO. The summed E-state index contributed by atoms with van der Waals surface area (Å²) in [5.41, 5.74) is 0. The maximum absolute atomic E-state index is 10.4. The lowest BCUT2D eigenvalue weighted by molar-refractivity contribution is -0.137. The molecule has 0 saturated carbocycles. The summed E-state index contributed by atoms with van der Waals surface area (Å²) in [4.78, 5) is 10.4. The Morgan fingerprint density at radius 1 is 0.429 bits per heavy atom. The molecule has 3 N–H and O–H groups in total. The number of carbonyl (C=O) groups is 1. The van der Waals surface area contributed by atoms with Crippen molar-refractivity contribution in [2.75, 3.05) is 152 Å². The van der Waals surface area contributed by atoms with Crippen molar-refractivity contribution in [3.8, 4) is 0 Å². The second-order valence-corrected chi connectivity index (χ2v) is 8.51. The lowest BCUT2D eigenvalue weighted by Crippen LogP contribution is -2.19. The van der Waals surface area contributed by atoms with Gasteiger partial charge in [-0.25, -0.2) is 0 Å². The van der Waals surface area contributed by atoms with Crippen molar-refractivity contribution in [1.29, 1.82) is 0 Å². The monoisotopic (exact) mass is 618 g/mol. The minimum Gasteiger partial charge on any atom is -0.481 e. The number of hydrogen-bond donors (Lipinski definition) is 3. The first-order chi connectivity index (χ1) is 20.7. The van der Waals surface area contributed by atoms with E-state index in [9.17, 15) is 9.90 Å². The highest BCUT2D eigenvalue weighted by atomic mass is 16.6. The second kappa shape index (κ2) is 36.1. The average Bonchev–Trinajstić information content (AvgIpc) is 2.98. The quantitative estimate of drug-likeness (QED) is 0.0750. The van der Waals surface area contributed by atoms with Crippen LogP contribution in [0, 0.1) is 0 Å². The Hall–Kier alpha value is -1.05. The molecule has 252 valence electrons. The van der Waals surface area contributed by atoms with Crippen LogP contribution in [0.4, 0.5) is 0 Å². The molecule has 0 radical (unpaired) electrons. The van der Waals surface area contributed by atoms with Gasteiger partial charge >= 0.3 is 5.97 Å². The lowest BCUT2D eigenvalue weighted by atomic mass is 10.2. The normalized spacial score (nSPS) is 12.2.